The molecule has 164 valence electrons. The Morgan fingerprint density at radius 2 is 1.53 bits per heavy atom. The van der Waals surface area contributed by atoms with Crippen LogP contribution in [0.1, 0.15) is 40.7 Å². The highest BCUT2D eigenvalue weighted by atomic mass is 16.5. The van der Waals surface area contributed by atoms with Crippen molar-refractivity contribution in [2.24, 2.45) is 0 Å². The number of rotatable bonds is 2. The Morgan fingerprint density at radius 1 is 0.812 bits per heavy atom. The van der Waals surface area contributed by atoms with E-state index in [-0.39, 0.29) is 41.6 Å². The molecule has 5 rings (SSSR count). The number of phenolic OH excluding ortho intramolecular Hbond substituents is 4. The van der Waals surface area contributed by atoms with Gasteiger partial charge >= 0.3 is 5.97 Å². The van der Waals surface area contributed by atoms with Gasteiger partial charge in [0.1, 0.15) is 29.1 Å². The third-order valence-electron chi connectivity index (χ3n) is 5.94. The van der Waals surface area contributed by atoms with Crippen LogP contribution in [0.3, 0.4) is 0 Å². The van der Waals surface area contributed by atoms with Gasteiger partial charge in [0.25, 0.3) is 0 Å². The zero-order chi connectivity index (χ0) is 22.6. The second kappa shape index (κ2) is 7.35. The Hall–Kier alpha value is -3.91. The summed E-state index contributed by atoms with van der Waals surface area (Å²) < 4.78 is 11.6. The fraction of sp³-hybridized carbons (Fsp3) is 0.208. The molecule has 0 aliphatic carbocycles. The number of aliphatic hydroxyl groups is 1. The number of esters is 1. The summed E-state index contributed by atoms with van der Waals surface area (Å²) in [5.41, 5.74) is 2.09. The van der Waals surface area contributed by atoms with Gasteiger partial charge in [0.05, 0.1) is 12.5 Å². The van der Waals surface area contributed by atoms with Gasteiger partial charge in [-0.3, -0.25) is 4.79 Å². The summed E-state index contributed by atoms with van der Waals surface area (Å²) in [5.74, 6) is -1.34. The molecule has 2 aliphatic rings. The second-order valence-electron chi connectivity index (χ2n) is 8.00. The summed E-state index contributed by atoms with van der Waals surface area (Å²) in [6, 6.07) is 11.9. The number of ether oxygens (including phenoxy) is 2. The van der Waals surface area contributed by atoms with Gasteiger partial charge in [-0.1, -0.05) is 18.2 Å². The van der Waals surface area contributed by atoms with E-state index in [2.05, 4.69) is 0 Å². The minimum absolute atomic E-state index is 0.0375. The predicted molar refractivity (Wildman–Crippen MR) is 111 cm³/mol. The second-order valence-corrected chi connectivity index (χ2v) is 8.00. The molecule has 0 unspecified atom stereocenters. The van der Waals surface area contributed by atoms with Crippen LogP contribution in [0.5, 0.6) is 34.5 Å². The van der Waals surface area contributed by atoms with Gasteiger partial charge in [-0.2, -0.15) is 0 Å². The van der Waals surface area contributed by atoms with Crippen LogP contribution in [0.4, 0.5) is 0 Å². The van der Waals surface area contributed by atoms with E-state index in [1.54, 1.807) is 18.2 Å². The number of phenols is 4. The molecule has 3 aromatic rings. The van der Waals surface area contributed by atoms with E-state index in [1.807, 2.05) is 0 Å². The van der Waals surface area contributed by atoms with Gasteiger partial charge in [0, 0.05) is 29.5 Å². The molecule has 0 aromatic heterocycles. The van der Waals surface area contributed by atoms with Crippen molar-refractivity contribution in [2.75, 3.05) is 0 Å². The molecule has 32 heavy (non-hydrogen) atoms. The Balaban J connectivity index is 1.66. The smallest absolute Gasteiger partial charge is 0.312 e. The molecule has 2 heterocycles. The molecule has 0 saturated heterocycles. The summed E-state index contributed by atoms with van der Waals surface area (Å²) in [5, 5.41) is 50.5. The standard InChI is InChI=1S/C24H20O8/c25-13-4-1-11(2-5-13)23-19(29)8-15-17(27)10-20-22(24(15)32-23)14(9-21(30)31-20)12-3-6-16(26)18(28)7-12/h1-7,10,14,19,23,25-29H,8-9H2/t14-,19+,23+/m0/s1. The Bertz CT molecular complexity index is 1220. The highest BCUT2D eigenvalue weighted by Crippen LogP contribution is 2.52. The molecule has 0 amide bonds. The molecule has 0 bridgehead atoms. The third kappa shape index (κ3) is 3.25. The van der Waals surface area contributed by atoms with Crippen molar-refractivity contribution < 1.29 is 39.8 Å². The van der Waals surface area contributed by atoms with Crippen molar-refractivity contribution in [1.29, 1.82) is 0 Å². The number of fused-ring (bicyclic) bond motifs is 3. The average Bonchev–Trinajstić information content (AvgIpc) is 2.76. The van der Waals surface area contributed by atoms with Crippen molar-refractivity contribution >= 4 is 5.97 Å². The van der Waals surface area contributed by atoms with E-state index in [0.717, 1.165) is 0 Å². The summed E-state index contributed by atoms with van der Waals surface area (Å²) in [4.78, 5) is 12.3. The summed E-state index contributed by atoms with van der Waals surface area (Å²) >= 11 is 0. The van der Waals surface area contributed by atoms with Gasteiger partial charge in [0.15, 0.2) is 11.5 Å². The van der Waals surface area contributed by atoms with Gasteiger partial charge in [-0.05, 0) is 35.4 Å². The van der Waals surface area contributed by atoms with Crippen molar-refractivity contribution in [2.45, 2.75) is 31.0 Å². The number of aliphatic hydroxyl groups excluding tert-OH is 1. The zero-order valence-corrected chi connectivity index (χ0v) is 16.7. The van der Waals surface area contributed by atoms with Crippen LogP contribution in [0, 0.1) is 0 Å². The minimum Gasteiger partial charge on any atom is -0.508 e. The Labute approximate surface area is 182 Å². The summed E-state index contributed by atoms with van der Waals surface area (Å²) in [7, 11) is 0. The van der Waals surface area contributed by atoms with Crippen LogP contribution in [-0.2, 0) is 11.2 Å². The normalized spacial score (nSPS) is 21.8. The number of hydrogen-bond donors (Lipinski definition) is 5. The van der Waals surface area contributed by atoms with E-state index in [9.17, 15) is 30.3 Å². The van der Waals surface area contributed by atoms with Crippen LogP contribution < -0.4 is 9.47 Å². The average molecular weight is 436 g/mol. The maximum atomic E-state index is 12.3. The van der Waals surface area contributed by atoms with E-state index in [1.165, 1.54) is 30.3 Å². The van der Waals surface area contributed by atoms with Gasteiger partial charge in [-0.15, -0.1) is 0 Å². The lowest BCUT2D eigenvalue weighted by atomic mass is 9.82. The van der Waals surface area contributed by atoms with E-state index >= 15 is 0 Å². The Morgan fingerprint density at radius 3 is 2.25 bits per heavy atom. The summed E-state index contributed by atoms with van der Waals surface area (Å²) in [6.07, 6.45) is -1.68. The highest BCUT2D eigenvalue weighted by molar-refractivity contribution is 5.80. The molecule has 5 N–H and O–H groups in total. The van der Waals surface area contributed by atoms with Crippen LogP contribution in [0.2, 0.25) is 0 Å². The summed E-state index contributed by atoms with van der Waals surface area (Å²) in [6.45, 7) is 0. The molecule has 0 spiro atoms. The number of aromatic hydroxyl groups is 4. The maximum Gasteiger partial charge on any atom is 0.312 e. The molecule has 8 heteroatoms. The van der Waals surface area contributed by atoms with Gasteiger partial charge < -0.3 is 35.0 Å². The number of hydrogen-bond acceptors (Lipinski definition) is 8. The van der Waals surface area contributed by atoms with Crippen LogP contribution >= 0.6 is 0 Å². The van der Waals surface area contributed by atoms with Crippen molar-refractivity contribution in [3.8, 4) is 34.5 Å². The number of carbonyl (C=O) groups excluding carboxylic acids is 1. The first kappa shape index (κ1) is 20.0. The van der Waals surface area contributed by atoms with E-state index in [0.29, 0.717) is 28.0 Å². The molecule has 3 atom stereocenters. The Kier molecular flexibility index (Phi) is 4.60. The van der Waals surface area contributed by atoms with E-state index in [4.69, 9.17) is 9.47 Å². The molecule has 0 radical (unpaired) electrons. The molecule has 2 aliphatic heterocycles. The maximum absolute atomic E-state index is 12.3. The fourth-order valence-corrected chi connectivity index (χ4v) is 4.38. The first-order valence-corrected chi connectivity index (χ1v) is 10.1. The van der Waals surface area contributed by atoms with Crippen LogP contribution in [-0.4, -0.2) is 37.6 Å². The molecule has 0 fully saturated rings. The predicted octanol–water partition coefficient (Wildman–Crippen LogP) is 2.99. The van der Waals surface area contributed by atoms with Gasteiger partial charge in [0.2, 0.25) is 0 Å². The highest BCUT2D eigenvalue weighted by Gasteiger charge is 2.40. The largest absolute Gasteiger partial charge is 0.508 e. The molecular weight excluding hydrogens is 416 g/mol. The number of carbonyl (C=O) groups is 1. The topological polar surface area (TPSA) is 137 Å². The fourth-order valence-electron chi connectivity index (χ4n) is 4.38. The lowest BCUT2D eigenvalue weighted by Crippen LogP contribution is -2.32. The number of benzene rings is 3. The molecule has 3 aromatic carbocycles. The van der Waals surface area contributed by atoms with Crippen LogP contribution in [0.15, 0.2) is 48.5 Å². The first-order valence-electron chi connectivity index (χ1n) is 10.1. The quantitative estimate of drug-likeness (QED) is 0.235. The molecule has 0 saturated carbocycles. The monoisotopic (exact) mass is 436 g/mol. The first-order chi connectivity index (χ1) is 15.3. The van der Waals surface area contributed by atoms with Crippen molar-refractivity contribution in [1.82, 2.24) is 0 Å². The van der Waals surface area contributed by atoms with Gasteiger partial charge in [-0.25, -0.2) is 0 Å². The van der Waals surface area contributed by atoms with Crippen LogP contribution in [0.25, 0.3) is 0 Å². The molecular formula is C24H20O8. The van der Waals surface area contributed by atoms with Crippen molar-refractivity contribution in [3.63, 3.8) is 0 Å². The lowest BCUT2D eigenvalue weighted by molar-refractivity contribution is -0.135. The molecule has 8 nitrogen and oxygen atoms in total. The van der Waals surface area contributed by atoms with E-state index < -0.39 is 24.1 Å². The minimum atomic E-state index is -0.960. The third-order valence-corrected chi connectivity index (χ3v) is 5.94. The lowest BCUT2D eigenvalue weighted by Gasteiger charge is -2.36. The van der Waals surface area contributed by atoms with Crippen molar-refractivity contribution in [3.05, 3.63) is 70.8 Å². The SMILES string of the molecule is O=C1C[C@@H](c2ccc(O)c(O)c2)c2c(cc(O)c3c2O[C@H](c2ccc(O)cc2)[C@H](O)C3)O1. The zero-order valence-electron chi connectivity index (χ0n) is 16.7.